The fourth-order valence-corrected chi connectivity index (χ4v) is 5.21. The van der Waals surface area contributed by atoms with Gasteiger partial charge in [-0.25, -0.2) is 9.78 Å². The van der Waals surface area contributed by atoms with E-state index in [9.17, 15) is 9.59 Å². The standard InChI is InChI=1S/C28H28N4O3S/c33-27(25-18-36-26(29-25)17-35-20-11-2-1-3-12-20)30-23-14-6-7-15-24(23)32-28(34)31-22-16-8-10-19-9-4-5-13-21(19)22/h1-5,8-13,16,18,23-24H,6-7,14-15,17H2,(H,30,33)(H2,31,32,34)/t23-,24-/m1/s1. The van der Waals surface area contributed by atoms with Crippen molar-refractivity contribution in [1.82, 2.24) is 15.6 Å². The third kappa shape index (κ3) is 5.83. The molecule has 0 spiro atoms. The van der Waals surface area contributed by atoms with Crippen molar-refractivity contribution in [3.8, 4) is 5.75 Å². The van der Waals surface area contributed by atoms with Crippen LogP contribution in [0.15, 0.2) is 78.2 Å². The highest BCUT2D eigenvalue weighted by Crippen LogP contribution is 2.24. The van der Waals surface area contributed by atoms with Gasteiger partial charge in [0, 0.05) is 16.8 Å². The highest BCUT2D eigenvalue weighted by Gasteiger charge is 2.29. The van der Waals surface area contributed by atoms with Crippen molar-refractivity contribution >= 4 is 39.7 Å². The first-order valence-electron chi connectivity index (χ1n) is 12.1. The number of thiazole rings is 1. The van der Waals surface area contributed by atoms with Crippen molar-refractivity contribution in [3.63, 3.8) is 0 Å². The number of carbonyl (C=O) groups excluding carboxylic acids is 2. The third-order valence-electron chi connectivity index (χ3n) is 6.33. The SMILES string of the molecule is O=C(Nc1cccc2ccccc12)N[C@@H]1CCCC[C@H]1NC(=O)c1csc(COc2ccccc2)n1. The number of benzene rings is 3. The van der Waals surface area contributed by atoms with Crippen LogP contribution in [-0.4, -0.2) is 29.0 Å². The minimum Gasteiger partial charge on any atom is -0.486 e. The maximum absolute atomic E-state index is 12.9. The van der Waals surface area contributed by atoms with Crippen molar-refractivity contribution in [2.45, 2.75) is 44.4 Å². The average molecular weight is 501 g/mol. The molecule has 1 aromatic heterocycles. The first-order chi connectivity index (χ1) is 17.7. The molecule has 4 aromatic rings. The van der Waals surface area contributed by atoms with Crippen LogP contribution in [0.1, 0.15) is 41.2 Å². The lowest BCUT2D eigenvalue weighted by Crippen LogP contribution is -2.54. The number of rotatable bonds is 7. The van der Waals surface area contributed by atoms with Crippen molar-refractivity contribution in [2.24, 2.45) is 0 Å². The number of ether oxygens (including phenoxy) is 1. The number of anilines is 1. The van der Waals surface area contributed by atoms with Gasteiger partial charge in [-0.2, -0.15) is 0 Å². The van der Waals surface area contributed by atoms with E-state index >= 15 is 0 Å². The zero-order valence-electron chi connectivity index (χ0n) is 19.8. The number of fused-ring (bicyclic) bond motifs is 1. The number of urea groups is 1. The molecule has 36 heavy (non-hydrogen) atoms. The molecule has 0 bridgehead atoms. The van der Waals surface area contributed by atoms with Gasteiger partial charge in [-0.1, -0.05) is 67.4 Å². The minimum atomic E-state index is -0.272. The van der Waals surface area contributed by atoms with E-state index in [2.05, 4.69) is 20.9 Å². The van der Waals surface area contributed by atoms with Crippen molar-refractivity contribution in [3.05, 3.63) is 88.9 Å². The van der Waals surface area contributed by atoms with Gasteiger partial charge in [0.05, 0.1) is 11.7 Å². The normalized spacial score (nSPS) is 17.3. The van der Waals surface area contributed by atoms with Crippen LogP contribution in [0.5, 0.6) is 5.75 Å². The molecule has 3 N–H and O–H groups in total. The summed E-state index contributed by atoms with van der Waals surface area (Å²) in [5.41, 5.74) is 1.13. The third-order valence-corrected chi connectivity index (χ3v) is 7.15. The molecule has 1 heterocycles. The predicted octanol–water partition coefficient (Wildman–Crippen LogP) is 5.74. The smallest absolute Gasteiger partial charge is 0.319 e. The topological polar surface area (TPSA) is 92.4 Å². The fraction of sp³-hybridized carbons (Fsp3) is 0.250. The molecule has 5 rings (SSSR count). The highest BCUT2D eigenvalue weighted by atomic mass is 32.1. The van der Waals surface area contributed by atoms with E-state index in [1.54, 1.807) is 5.38 Å². The maximum Gasteiger partial charge on any atom is 0.319 e. The largest absolute Gasteiger partial charge is 0.486 e. The summed E-state index contributed by atoms with van der Waals surface area (Å²) in [6.45, 7) is 0.309. The van der Waals surface area contributed by atoms with Gasteiger partial charge in [0.15, 0.2) is 0 Å². The van der Waals surface area contributed by atoms with E-state index < -0.39 is 0 Å². The monoisotopic (exact) mass is 500 g/mol. The summed E-state index contributed by atoms with van der Waals surface area (Å²) >= 11 is 1.40. The Morgan fingerprint density at radius 2 is 1.61 bits per heavy atom. The Balaban J connectivity index is 1.18. The first kappa shape index (κ1) is 23.8. The first-order valence-corrected chi connectivity index (χ1v) is 13.0. The van der Waals surface area contributed by atoms with Crippen LogP contribution in [0.4, 0.5) is 10.5 Å². The van der Waals surface area contributed by atoms with Gasteiger partial charge in [0.25, 0.3) is 5.91 Å². The molecule has 7 nitrogen and oxygen atoms in total. The van der Waals surface area contributed by atoms with Gasteiger partial charge in [-0.3, -0.25) is 4.79 Å². The van der Waals surface area contributed by atoms with Gasteiger partial charge in [-0.05, 0) is 36.4 Å². The lowest BCUT2D eigenvalue weighted by atomic mass is 9.90. The molecule has 184 valence electrons. The van der Waals surface area contributed by atoms with Gasteiger partial charge < -0.3 is 20.7 Å². The molecule has 0 radical (unpaired) electrons. The molecule has 8 heteroatoms. The van der Waals surface area contributed by atoms with Crippen LogP contribution >= 0.6 is 11.3 Å². The van der Waals surface area contributed by atoms with Gasteiger partial charge in [-0.15, -0.1) is 11.3 Å². The Bertz CT molecular complexity index is 1340. The van der Waals surface area contributed by atoms with Crippen LogP contribution in [0.3, 0.4) is 0 Å². The molecule has 1 aliphatic carbocycles. The lowest BCUT2D eigenvalue weighted by Gasteiger charge is -2.32. The zero-order valence-corrected chi connectivity index (χ0v) is 20.6. The summed E-state index contributed by atoms with van der Waals surface area (Å²) in [5.74, 6) is 0.530. The molecule has 0 unspecified atom stereocenters. The molecule has 3 amide bonds. The summed E-state index contributed by atoms with van der Waals surface area (Å²) in [7, 11) is 0. The molecule has 1 fully saturated rings. The van der Waals surface area contributed by atoms with Crippen LogP contribution in [-0.2, 0) is 6.61 Å². The van der Waals surface area contributed by atoms with Gasteiger partial charge in [0.1, 0.15) is 23.1 Å². The quantitative estimate of drug-likeness (QED) is 0.302. The number of carbonyl (C=O) groups is 2. The van der Waals surface area contributed by atoms with Crippen LogP contribution in [0.2, 0.25) is 0 Å². The highest BCUT2D eigenvalue weighted by molar-refractivity contribution is 7.09. The number of aromatic nitrogens is 1. The second-order valence-corrected chi connectivity index (χ2v) is 9.77. The number of hydrogen-bond acceptors (Lipinski definition) is 5. The molecule has 2 atom stereocenters. The number of hydrogen-bond donors (Lipinski definition) is 3. The van der Waals surface area contributed by atoms with Crippen molar-refractivity contribution in [2.75, 3.05) is 5.32 Å². The van der Waals surface area contributed by atoms with Crippen molar-refractivity contribution in [1.29, 1.82) is 0 Å². The molecule has 3 aromatic carbocycles. The second kappa shape index (κ2) is 11.2. The van der Waals surface area contributed by atoms with E-state index in [0.29, 0.717) is 12.3 Å². The Kier molecular flexibility index (Phi) is 7.42. The Morgan fingerprint density at radius 3 is 2.44 bits per heavy atom. The number of amides is 3. The molecule has 0 saturated heterocycles. The molecular formula is C28H28N4O3S. The Morgan fingerprint density at radius 1 is 0.889 bits per heavy atom. The summed E-state index contributed by atoms with van der Waals surface area (Å²) < 4.78 is 5.73. The summed E-state index contributed by atoms with van der Waals surface area (Å²) in [4.78, 5) is 30.2. The van der Waals surface area contributed by atoms with E-state index in [0.717, 1.165) is 52.9 Å². The fourth-order valence-electron chi connectivity index (χ4n) is 4.52. The van der Waals surface area contributed by atoms with Crippen LogP contribution in [0.25, 0.3) is 10.8 Å². The Labute approximate surface area is 213 Å². The average Bonchev–Trinajstić information content (AvgIpc) is 3.39. The van der Waals surface area contributed by atoms with Gasteiger partial charge >= 0.3 is 6.03 Å². The van der Waals surface area contributed by atoms with Crippen LogP contribution in [0, 0.1) is 0 Å². The molecule has 1 saturated carbocycles. The summed E-state index contributed by atoms with van der Waals surface area (Å²) in [6, 6.07) is 22.7. The minimum absolute atomic E-state index is 0.155. The molecule has 0 aliphatic heterocycles. The summed E-state index contributed by atoms with van der Waals surface area (Å²) in [6.07, 6.45) is 3.62. The molecular weight excluding hydrogens is 472 g/mol. The predicted molar refractivity (Wildman–Crippen MR) is 143 cm³/mol. The number of nitrogens with one attached hydrogen (secondary N) is 3. The number of para-hydroxylation sites is 1. The maximum atomic E-state index is 12.9. The van der Waals surface area contributed by atoms with Crippen LogP contribution < -0.4 is 20.7 Å². The lowest BCUT2D eigenvalue weighted by molar-refractivity contribution is 0.0911. The Hall–Kier alpha value is -3.91. The number of nitrogens with zero attached hydrogens (tertiary/aromatic N) is 1. The van der Waals surface area contributed by atoms with Gasteiger partial charge in [0.2, 0.25) is 0 Å². The zero-order chi connectivity index (χ0) is 24.7. The molecule has 1 aliphatic rings. The van der Waals surface area contributed by atoms with E-state index in [-0.39, 0.29) is 24.0 Å². The second-order valence-electron chi connectivity index (χ2n) is 8.82. The summed E-state index contributed by atoms with van der Waals surface area (Å²) in [5, 5.41) is 13.7. The van der Waals surface area contributed by atoms with E-state index in [4.69, 9.17) is 4.74 Å². The van der Waals surface area contributed by atoms with E-state index in [1.807, 2.05) is 72.8 Å². The van der Waals surface area contributed by atoms with E-state index in [1.165, 1.54) is 11.3 Å². The van der Waals surface area contributed by atoms with Crippen molar-refractivity contribution < 1.29 is 14.3 Å².